The van der Waals surface area contributed by atoms with Gasteiger partial charge in [-0.05, 0) is 12.1 Å². The molecular formula is C8H6F5NS. The van der Waals surface area contributed by atoms with Crippen LogP contribution in [0.2, 0.25) is 0 Å². The van der Waals surface area contributed by atoms with Gasteiger partial charge in [0.25, 0.3) is 0 Å². The number of anilines is 1. The van der Waals surface area contributed by atoms with Crippen molar-refractivity contribution in [2.75, 3.05) is 4.72 Å². The van der Waals surface area contributed by atoms with Gasteiger partial charge in [-0.15, -0.1) is 0 Å². The number of alkyl halides is 5. The second-order valence-corrected chi connectivity index (χ2v) is 3.51. The zero-order valence-electron chi connectivity index (χ0n) is 7.18. The van der Waals surface area contributed by atoms with E-state index >= 15 is 0 Å². The first-order chi connectivity index (χ1) is 6.83. The number of hydrogen-bond donors (Lipinski definition) is 1. The molecule has 0 aliphatic heterocycles. The van der Waals surface area contributed by atoms with Crippen LogP contribution < -0.4 is 4.72 Å². The fourth-order valence-electron chi connectivity index (χ4n) is 0.687. The third kappa shape index (κ3) is 3.26. The van der Waals surface area contributed by atoms with Gasteiger partial charge < -0.3 is 4.72 Å². The Bertz CT molecular complexity index is 311. The van der Waals surface area contributed by atoms with Crippen LogP contribution in [-0.2, 0) is 0 Å². The second kappa shape index (κ2) is 4.26. The van der Waals surface area contributed by atoms with Crippen molar-refractivity contribution >= 4 is 17.6 Å². The molecule has 1 aromatic rings. The van der Waals surface area contributed by atoms with E-state index in [1.165, 1.54) is 24.3 Å². The number of halogens is 5. The molecule has 15 heavy (non-hydrogen) atoms. The molecule has 0 saturated heterocycles. The van der Waals surface area contributed by atoms with Crippen LogP contribution in [0.3, 0.4) is 0 Å². The SMILES string of the molecule is FC(F)(F)C(F)(F)SNc1ccccc1. The maximum atomic E-state index is 12.4. The van der Waals surface area contributed by atoms with E-state index in [-0.39, 0.29) is 5.69 Å². The second-order valence-electron chi connectivity index (χ2n) is 2.58. The predicted octanol–water partition coefficient (Wildman–Crippen LogP) is 3.90. The number of benzene rings is 1. The molecule has 1 N–H and O–H groups in total. The largest absolute Gasteiger partial charge is 0.465 e. The minimum atomic E-state index is -5.56. The lowest BCUT2D eigenvalue weighted by atomic mass is 10.3. The van der Waals surface area contributed by atoms with Gasteiger partial charge in [0.2, 0.25) is 0 Å². The third-order valence-corrected chi connectivity index (χ3v) is 2.23. The van der Waals surface area contributed by atoms with E-state index in [0.29, 0.717) is 0 Å². The first kappa shape index (κ1) is 12.1. The smallest absolute Gasteiger partial charge is 0.325 e. The summed E-state index contributed by atoms with van der Waals surface area (Å²) in [4.78, 5) is 0. The van der Waals surface area contributed by atoms with E-state index in [9.17, 15) is 22.0 Å². The van der Waals surface area contributed by atoms with Crippen molar-refractivity contribution in [1.82, 2.24) is 0 Å². The lowest BCUT2D eigenvalue weighted by Gasteiger charge is -2.18. The molecule has 0 radical (unpaired) electrons. The van der Waals surface area contributed by atoms with Gasteiger partial charge in [0.1, 0.15) is 0 Å². The van der Waals surface area contributed by atoms with Crippen molar-refractivity contribution in [3.8, 4) is 0 Å². The highest BCUT2D eigenvalue weighted by molar-refractivity contribution is 8.01. The van der Waals surface area contributed by atoms with Crippen molar-refractivity contribution in [1.29, 1.82) is 0 Å². The topological polar surface area (TPSA) is 12.0 Å². The molecule has 0 atom stereocenters. The summed E-state index contributed by atoms with van der Waals surface area (Å²) in [5.74, 6) is 0. The van der Waals surface area contributed by atoms with Gasteiger partial charge in [-0.1, -0.05) is 18.2 Å². The molecule has 84 valence electrons. The average molecular weight is 243 g/mol. The van der Waals surface area contributed by atoms with Crippen molar-refractivity contribution in [3.63, 3.8) is 0 Å². The van der Waals surface area contributed by atoms with Crippen LogP contribution >= 0.6 is 11.9 Å². The zero-order valence-corrected chi connectivity index (χ0v) is 8.00. The van der Waals surface area contributed by atoms with Gasteiger partial charge in [0, 0.05) is 17.6 Å². The fourth-order valence-corrected chi connectivity index (χ4v) is 1.18. The Morgan fingerprint density at radius 2 is 1.47 bits per heavy atom. The third-order valence-electron chi connectivity index (χ3n) is 1.40. The summed E-state index contributed by atoms with van der Waals surface area (Å²) in [6.45, 7) is 0. The molecule has 0 heterocycles. The molecule has 1 aromatic carbocycles. The predicted molar refractivity (Wildman–Crippen MR) is 48.7 cm³/mol. The Morgan fingerprint density at radius 1 is 0.933 bits per heavy atom. The molecule has 0 fully saturated rings. The van der Waals surface area contributed by atoms with E-state index < -0.39 is 23.4 Å². The summed E-state index contributed by atoms with van der Waals surface area (Å²) in [5, 5.41) is -4.80. The van der Waals surface area contributed by atoms with Crippen LogP contribution in [0.25, 0.3) is 0 Å². The van der Waals surface area contributed by atoms with Crippen LogP contribution in [-0.4, -0.2) is 11.4 Å². The normalized spacial score (nSPS) is 12.6. The number of para-hydroxylation sites is 1. The van der Waals surface area contributed by atoms with Crippen LogP contribution in [0, 0.1) is 0 Å². The minimum absolute atomic E-state index is 0.187. The van der Waals surface area contributed by atoms with Crippen LogP contribution in [0.4, 0.5) is 27.6 Å². The van der Waals surface area contributed by atoms with Gasteiger partial charge in [-0.25, -0.2) is 0 Å². The van der Waals surface area contributed by atoms with Crippen LogP contribution in [0.15, 0.2) is 30.3 Å². The average Bonchev–Trinajstić information content (AvgIpc) is 2.15. The summed E-state index contributed by atoms with van der Waals surface area (Å²) >= 11 is -0.670. The summed E-state index contributed by atoms with van der Waals surface area (Å²) < 4.78 is 61.9. The molecule has 7 heteroatoms. The number of hydrogen-bond acceptors (Lipinski definition) is 2. The Labute approximate surface area is 86.8 Å². The monoisotopic (exact) mass is 243 g/mol. The van der Waals surface area contributed by atoms with Crippen molar-refractivity contribution < 1.29 is 22.0 Å². The first-order valence-corrected chi connectivity index (χ1v) is 4.58. The van der Waals surface area contributed by atoms with Gasteiger partial charge >= 0.3 is 11.4 Å². The molecule has 0 aromatic heterocycles. The highest BCUT2D eigenvalue weighted by Crippen LogP contribution is 2.44. The Morgan fingerprint density at radius 3 is 1.93 bits per heavy atom. The highest BCUT2D eigenvalue weighted by atomic mass is 32.2. The van der Waals surface area contributed by atoms with E-state index in [1.807, 2.05) is 4.72 Å². The number of rotatable bonds is 3. The summed E-state index contributed by atoms with van der Waals surface area (Å²) in [7, 11) is 0. The Balaban J connectivity index is 2.58. The van der Waals surface area contributed by atoms with Gasteiger partial charge in [0.05, 0.1) is 0 Å². The number of nitrogens with one attached hydrogen (secondary N) is 1. The molecule has 0 bridgehead atoms. The lowest BCUT2D eigenvalue weighted by molar-refractivity contribution is -0.237. The quantitative estimate of drug-likeness (QED) is 0.638. The van der Waals surface area contributed by atoms with Gasteiger partial charge in [0.15, 0.2) is 0 Å². The standard InChI is InChI=1S/C8H6F5NS/c9-7(10,11)8(12,13)15-14-6-4-2-1-3-5-6/h1-5,14H. The lowest BCUT2D eigenvalue weighted by Crippen LogP contribution is -2.33. The van der Waals surface area contributed by atoms with Crippen molar-refractivity contribution in [3.05, 3.63) is 30.3 Å². The first-order valence-electron chi connectivity index (χ1n) is 3.76. The molecule has 0 aliphatic rings. The maximum absolute atomic E-state index is 12.4. The maximum Gasteiger partial charge on any atom is 0.465 e. The Hall–Kier alpha value is -0.980. The van der Waals surface area contributed by atoms with Gasteiger partial charge in [-0.2, -0.15) is 22.0 Å². The summed E-state index contributed by atoms with van der Waals surface area (Å²) in [6, 6.07) is 7.44. The van der Waals surface area contributed by atoms with Crippen molar-refractivity contribution in [2.24, 2.45) is 0 Å². The molecule has 1 nitrogen and oxygen atoms in total. The summed E-state index contributed by atoms with van der Waals surface area (Å²) in [6.07, 6.45) is -5.56. The van der Waals surface area contributed by atoms with Crippen LogP contribution in [0.1, 0.15) is 0 Å². The molecule has 0 spiro atoms. The Kier molecular flexibility index (Phi) is 3.43. The van der Waals surface area contributed by atoms with Crippen molar-refractivity contribution in [2.45, 2.75) is 11.4 Å². The summed E-state index contributed by atoms with van der Waals surface area (Å²) in [5.41, 5.74) is 0.187. The van der Waals surface area contributed by atoms with E-state index in [1.54, 1.807) is 6.07 Å². The van der Waals surface area contributed by atoms with E-state index in [2.05, 4.69) is 0 Å². The molecule has 0 aliphatic carbocycles. The molecule has 0 amide bonds. The van der Waals surface area contributed by atoms with E-state index in [4.69, 9.17) is 0 Å². The molecular weight excluding hydrogens is 237 g/mol. The highest BCUT2D eigenvalue weighted by Gasteiger charge is 2.58. The molecule has 0 saturated carbocycles. The van der Waals surface area contributed by atoms with E-state index in [0.717, 1.165) is 0 Å². The molecule has 1 rings (SSSR count). The fraction of sp³-hybridized carbons (Fsp3) is 0.250. The minimum Gasteiger partial charge on any atom is -0.325 e. The van der Waals surface area contributed by atoms with Gasteiger partial charge in [-0.3, -0.25) is 0 Å². The zero-order chi connectivity index (χ0) is 11.5. The molecule has 0 unspecified atom stereocenters. The van der Waals surface area contributed by atoms with Crippen LogP contribution in [0.5, 0.6) is 0 Å².